The summed E-state index contributed by atoms with van der Waals surface area (Å²) in [5.41, 5.74) is 2.52. The van der Waals surface area contributed by atoms with Gasteiger partial charge in [0.1, 0.15) is 18.1 Å². The minimum absolute atomic E-state index is 0.167. The highest BCUT2D eigenvalue weighted by Gasteiger charge is 2.34. The predicted octanol–water partition coefficient (Wildman–Crippen LogP) is 3.16. The fourth-order valence-corrected chi connectivity index (χ4v) is 4.34. The number of carbonyl (C=O) groups excluding carboxylic acids is 1. The van der Waals surface area contributed by atoms with Gasteiger partial charge in [0, 0.05) is 10.8 Å². The van der Waals surface area contributed by atoms with Crippen LogP contribution in [-0.2, 0) is 11.4 Å². The van der Waals surface area contributed by atoms with Crippen molar-refractivity contribution in [1.29, 1.82) is 0 Å². The fourth-order valence-electron chi connectivity index (χ4n) is 3.75. The molecule has 5 rings (SSSR count). The molecular formula is C25H22N4O2S. The lowest BCUT2D eigenvalue weighted by Gasteiger charge is -2.34. The van der Waals surface area contributed by atoms with Crippen LogP contribution >= 0.6 is 11.8 Å². The number of rotatable bonds is 5. The minimum atomic E-state index is -0.460. The first-order valence-electron chi connectivity index (χ1n) is 10.5. The second kappa shape index (κ2) is 8.88. The van der Waals surface area contributed by atoms with Crippen LogP contribution in [0.5, 0.6) is 5.75 Å². The second-order valence-corrected chi connectivity index (χ2v) is 8.60. The molecule has 2 aliphatic rings. The Hall–Kier alpha value is -3.58. The molecule has 1 atom stereocenters. The first kappa shape index (κ1) is 20.3. The zero-order valence-electron chi connectivity index (χ0n) is 17.6. The summed E-state index contributed by atoms with van der Waals surface area (Å²) in [6.45, 7) is 2.51. The van der Waals surface area contributed by atoms with Crippen LogP contribution in [0.1, 0.15) is 24.2 Å². The molecule has 160 valence electrons. The Bertz CT molecular complexity index is 1310. The summed E-state index contributed by atoms with van der Waals surface area (Å²) in [6.07, 6.45) is -0.460. The summed E-state index contributed by atoms with van der Waals surface area (Å²) >= 11 is 1.50. The Labute approximate surface area is 190 Å². The number of thioether (sulfide) groups is 1. The molecule has 1 unspecified atom stereocenters. The van der Waals surface area contributed by atoms with Crippen LogP contribution in [0.3, 0.4) is 0 Å². The largest absolute Gasteiger partial charge is 0.489 e. The topological polar surface area (TPSA) is 66.3 Å². The van der Waals surface area contributed by atoms with Gasteiger partial charge in [0.2, 0.25) is 0 Å². The number of carbonyl (C=O) groups is 1. The van der Waals surface area contributed by atoms with Crippen LogP contribution in [0, 0.1) is 0 Å². The van der Waals surface area contributed by atoms with Crippen molar-refractivity contribution in [2.45, 2.75) is 19.7 Å². The van der Waals surface area contributed by atoms with E-state index in [4.69, 9.17) is 14.8 Å². The fraction of sp³-hybridized carbons (Fsp3) is 0.160. The Morgan fingerprint density at radius 3 is 2.69 bits per heavy atom. The zero-order chi connectivity index (χ0) is 21.9. The molecule has 0 saturated heterocycles. The molecule has 1 N–H and O–H groups in total. The molecule has 0 bridgehead atoms. The van der Waals surface area contributed by atoms with E-state index in [2.05, 4.69) is 5.32 Å². The highest BCUT2D eigenvalue weighted by molar-refractivity contribution is 8.13. The van der Waals surface area contributed by atoms with Crippen molar-refractivity contribution in [3.05, 3.63) is 101 Å². The van der Waals surface area contributed by atoms with E-state index < -0.39 is 6.17 Å². The predicted molar refractivity (Wildman–Crippen MR) is 126 cm³/mol. The van der Waals surface area contributed by atoms with Crippen molar-refractivity contribution in [2.24, 2.45) is 10.1 Å². The molecule has 0 spiro atoms. The highest BCUT2D eigenvalue weighted by atomic mass is 32.2. The number of nitrogens with one attached hydrogen (secondary N) is 1. The maximum absolute atomic E-state index is 13.0. The van der Waals surface area contributed by atoms with Gasteiger partial charge in [-0.15, -0.1) is 5.10 Å². The first-order chi connectivity index (χ1) is 15.7. The van der Waals surface area contributed by atoms with E-state index in [1.54, 1.807) is 5.01 Å². The van der Waals surface area contributed by atoms with Crippen LogP contribution in [0.2, 0.25) is 0 Å². The monoisotopic (exact) mass is 442 g/mol. The number of nitrogens with zero attached hydrogens (tertiary/aromatic N) is 3. The molecule has 3 aromatic rings. The molecule has 1 amide bonds. The van der Waals surface area contributed by atoms with Gasteiger partial charge in [0.05, 0.1) is 5.36 Å². The second-order valence-electron chi connectivity index (χ2n) is 7.35. The summed E-state index contributed by atoms with van der Waals surface area (Å²) in [5.74, 6) is 1.39. The number of hydrogen-bond acceptors (Lipinski definition) is 6. The van der Waals surface area contributed by atoms with Gasteiger partial charge in [0.25, 0.3) is 5.91 Å². The van der Waals surface area contributed by atoms with Gasteiger partial charge < -0.3 is 4.74 Å². The van der Waals surface area contributed by atoms with E-state index in [-0.39, 0.29) is 5.91 Å². The number of hydrogen-bond donors (Lipinski definition) is 1. The highest BCUT2D eigenvalue weighted by Crippen LogP contribution is 2.32. The number of benzene rings is 3. The third-order valence-corrected chi connectivity index (χ3v) is 5.95. The van der Waals surface area contributed by atoms with Crippen molar-refractivity contribution >= 4 is 28.5 Å². The van der Waals surface area contributed by atoms with Crippen molar-refractivity contribution < 1.29 is 9.53 Å². The lowest BCUT2D eigenvalue weighted by Crippen LogP contribution is -2.50. The summed E-state index contributed by atoms with van der Waals surface area (Å²) < 4.78 is 6.02. The minimum Gasteiger partial charge on any atom is -0.489 e. The Kier molecular flexibility index (Phi) is 5.64. The van der Waals surface area contributed by atoms with Crippen LogP contribution in [0.25, 0.3) is 5.70 Å². The zero-order valence-corrected chi connectivity index (χ0v) is 18.4. The van der Waals surface area contributed by atoms with Crippen LogP contribution in [0.4, 0.5) is 0 Å². The molecule has 0 aromatic heterocycles. The molecule has 2 aliphatic heterocycles. The average molecular weight is 443 g/mol. The van der Waals surface area contributed by atoms with E-state index in [9.17, 15) is 4.79 Å². The van der Waals surface area contributed by atoms with Gasteiger partial charge in [-0.2, -0.15) is 0 Å². The SMILES string of the molecule is CCSC1=NN2C(=c3ccccc3=NC2c2cccc(OCc3ccccc3)c2)C(=O)N1. The van der Waals surface area contributed by atoms with E-state index in [0.717, 1.165) is 33.2 Å². The molecular weight excluding hydrogens is 420 g/mol. The van der Waals surface area contributed by atoms with Gasteiger partial charge in [0.15, 0.2) is 11.3 Å². The standard InChI is InChI=1S/C25H22N4O2S/c1-2-32-25-27-24(30)22-20-13-6-7-14-21(20)26-23(29(22)28-25)18-11-8-12-19(15-18)31-16-17-9-4-3-5-10-17/h3-15,23H,2,16H2,1H3,(H,27,28,30). The normalized spacial score (nSPS) is 17.0. The molecule has 0 aliphatic carbocycles. The quantitative estimate of drug-likeness (QED) is 0.659. The van der Waals surface area contributed by atoms with E-state index >= 15 is 0 Å². The van der Waals surface area contributed by atoms with Crippen LogP contribution in [-0.4, -0.2) is 21.8 Å². The molecule has 0 saturated carbocycles. The average Bonchev–Trinajstić information content (AvgIpc) is 2.83. The summed E-state index contributed by atoms with van der Waals surface area (Å²) in [4.78, 5) is 18.0. The van der Waals surface area contributed by atoms with Crippen molar-refractivity contribution in [2.75, 3.05) is 5.75 Å². The summed E-state index contributed by atoms with van der Waals surface area (Å²) in [5, 5.41) is 11.5. The molecule has 32 heavy (non-hydrogen) atoms. The van der Waals surface area contributed by atoms with E-state index in [0.29, 0.717) is 17.5 Å². The lowest BCUT2D eigenvalue weighted by atomic mass is 10.1. The number of para-hydroxylation sites is 1. The van der Waals surface area contributed by atoms with Crippen LogP contribution < -0.4 is 20.6 Å². The molecule has 3 aromatic carbocycles. The molecule has 0 fully saturated rings. The van der Waals surface area contributed by atoms with Gasteiger partial charge >= 0.3 is 0 Å². The number of amidine groups is 1. The van der Waals surface area contributed by atoms with Crippen molar-refractivity contribution in [3.63, 3.8) is 0 Å². The maximum atomic E-state index is 13.0. The number of hydrazone groups is 1. The Balaban J connectivity index is 1.53. The molecule has 7 heteroatoms. The van der Waals surface area contributed by atoms with Gasteiger partial charge in [-0.1, -0.05) is 79.3 Å². The summed E-state index contributed by atoms with van der Waals surface area (Å²) in [6, 6.07) is 25.6. The van der Waals surface area contributed by atoms with Crippen molar-refractivity contribution in [1.82, 2.24) is 10.3 Å². The molecule has 6 nitrogen and oxygen atoms in total. The third kappa shape index (κ3) is 3.99. The Morgan fingerprint density at radius 2 is 1.84 bits per heavy atom. The number of ether oxygens (including phenoxy) is 1. The van der Waals surface area contributed by atoms with Gasteiger partial charge in [-0.3, -0.25) is 15.1 Å². The Morgan fingerprint density at radius 1 is 1.03 bits per heavy atom. The third-order valence-electron chi connectivity index (χ3n) is 5.20. The van der Waals surface area contributed by atoms with E-state index in [1.807, 2.05) is 85.8 Å². The summed E-state index contributed by atoms with van der Waals surface area (Å²) in [7, 11) is 0. The number of fused-ring (bicyclic) bond motifs is 2. The van der Waals surface area contributed by atoms with Gasteiger partial charge in [-0.25, -0.2) is 5.01 Å². The van der Waals surface area contributed by atoms with Crippen molar-refractivity contribution in [3.8, 4) is 5.75 Å². The lowest BCUT2D eigenvalue weighted by molar-refractivity contribution is -0.116. The maximum Gasteiger partial charge on any atom is 0.276 e. The van der Waals surface area contributed by atoms with Crippen LogP contribution in [0.15, 0.2) is 89.0 Å². The first-order valence-corrected chi connectivity index (χ1v) is 11.5. The van der Waals surface area contributed by atoms with E-state index in [1.165, 1.54) is 11.8 Å². The smallest absolute Gasteiger partial charge is 0.276 e. The number of amides is 1. The molecule has 0 radical (unpaired) electrons. The van der Waals surface area contributed by atoms with Gasteiger partial charge in [-0.05, 0) is 29.5 Å². The molecule has 2 heterocycles.